The first-order valence-electron chi connectivity index (χ1n) is 9.38. The third-order valence-corrected chi connectivity index (χ3v) is 8.42. The lowest BCUT2D eigenvalue weighted by molar-refractivity contribution is -0.378. The molecule has 3 saturated heterocycles. The predicted molar refractivity (Wildman–Crippen MR) is 82.8 cm³/mol. The van der Waals surface area contributed by atoms with Crippen molar-refractivity contribution in [3.8, 4) is 0 Å². The molecule has 2 bridgehead atoms. The minimum absolute atomic E-state index is 0.0103. The van der Waals surface area contributed by atoms with Crippen molar-refractivity contribution in [2.24, 2.45) is 28.6 Å². The largest absolute Gasteiger partial charge is 0.461 e. The fraction of sp³-hybridized carbons (Fsp3) is 0.789. The summed E-state index contributed by atoms with van der Waals surface area (Å²) in [5.74, 6) is -1.48. The molecule has 0 aromatic heterocycles. The highest BCUT2D eigenvalue weighted by Crippen LogP contribution is 2.72. The SMILES string of the molecule is C[C@]12C(=O)O[C@@H]3C[C@@H]4[C@@H](CCC5=CC(=O)O[C@@H]54)C4(CCC1(O)OC4)[C@@H]32. The molecule has 4 aliphatic heterocycles. The van der Waals surface area contributed by atoms with Crippen molar-refractivity contribution < 1.29 is 28.9 Å². The first-order valence-corrected chi connectivity index (χ1v) is 9.38. The minimum Gasteiger partial charge on any atom is -0.461 e. The van der Waals surface area contributed by atoms with Crippen LogP contribution in [-0.4, -0.2) is 41.6 Å². The molecule has 8 atom stereocenters. The lowest BCUT2D eigenvalue weighted by Gasteiger charge is -2.67. The Morgan fingerprint density at radius 1 is 1.24 bits per heavy atom. The Bertz CT molecular complexity index is 732. The maximum Gasteiger partial charge on any atom is 0.331 e. The van der Waals surface area contributed by atoms with Gasteiger partial charge in [0.1, 0.15) is 17.6 Å². The molecule has 7 aliphatic rings. The summed E-state index contributed by atoms with van der Waals surface area (Å²) < 4.78 is 17.4. The van der Waals surface area contributed by atoms with Gasteiger partial charge in [-0.15, -0.1) is 0 Å². The summed E-state index contributed by atoms with van der Waals surface area (Å²) in [6.07, 6.45) is 5.14. The van der Waals surface area contributed by atoms with E-state index in [9.17, 15) is 14.7 Å². The lowest BCUT2D eigenvalue weighted by atomic mass is 9.41. The Kier molecular flexibility index (Phi) is 2.43. The van der Waals surface area contributed by atoms with E-state index >= 15 is 0 Å². The van der Waals surface area contributed by atoms with Gasteiger partial charge >= 0.3 is 11.9 Å². The van der Waals surface area contributed by atoms with Crippen LogP contribution in [0.5, 0.6) is 0 Å². The number of fused-ring (bicyclic) bond motifs is 5. The summed E-state index contributed by atoms with van der Waals surface area (Å²) in [5.41, 5.74) is -0.0570. The van der Waals surface area contributed by atoms with E-state index in [2.05, 4.69) is 0 Å². The highest BCUT2D eigenvalue weighted by atomic mass is 16.6. The number of carbonyl (C=O) groups is 2. The van der Waals surface area contributed by atoms with E-state index in [1.54, 1.807) is 6.08 Å². The van der Waals surface area contributed by atoms with Gasteiger partial charge in [-0.05, 0) is 44.1 Å². The molecule has 7 rings (SSSR count). The summed E-state index contributed by atoms with van der Waals surface area (Å²) in [6, 6.07) is 0. The number of hydrogen-bond acceptors (Lipinski definition) is 6. The van der Waals surface area contributed by atoms with Crippen LogP contribution in [0.1, 0.15) is 39.0 Å². The van der Waals surface area contributed by atoms with Crippen LogP contribution in [0.15, 0.2) is 11.6 Å². The zero-order valence-corrected chi connectivity index (χ0v) is 14.2. The van der Waals surface area contributed by atoms with Gasteiger partial charge < -0.3 is 19.3 Å². The van der Waals surface area contributed by atoms with E-state index in [1.165, 1.54) is 0 Å². The van der Waals surface area contributed by atoms with E-state index in [0.717, 1.165) is 24.8 Å². The number of ether oxygens (including phenoxy) is 3. The van der Waals surface area contributed by atoms with Gasteiger partial charge in [-0.25, -0.2) is 4.79 Å². The second-order valence-electron chi connectivity index (χ2n) is 9.05. The molecular weight excluding hydrogens is 324 g/mol. The van der Waals surface area contributed by atoms with Crippen LogP contribution in [0.4, 0.5) is 0 Å². The molecular formula is C19H22O6. The maximum absolute atomic E-state index is 12.8. The molecule has 1 spiro atoms. The summed E-state index contributed by atoms with van der Waals surface area (Å²) in [6.45, 7) is 2.30. The highest BCUT2D eigenvalue weighted by Gasteiger charge is 2.80. The van der Waals surface area contributed by atoms with Crippen molar-refractivity contribution in [2.45, 2.75) is 57.0 Å². The van der Waals surface area contributed by atoms with Crippen LogP contribution < -0.4 is 0 Å². The lowest BCUT2D eigenvalue weighted by Crippen LogP contribution is -2.73. The van der Waals surface area contributed by atoms with Gasteiger partial charge in [-0.3, -0.25) is 4.79 Å². The fourth-order valence-corrected chi connectivity index (χ4v) is 7.40. The number of aliphatic hydroxyl groups is 1. The smallest absolute Gasteiger partial charge is 0.331 e. The second-order valence-corrected chi connectivity index (χ2v) is 9.05. The predicted octanol–water partition coefficient (Wildman–Crippen LogP) is 1.31. The van der Waals surface area contributed by atoms with Crippen LogP contribution in [0.2, 0.25) is 0 Å². The number of carbonyl (C=O) groups excluding carboxylic acids is 2. The molecule has 4 heterocycles. The fourth-order valence-electron chi connectivity index (χ4n) is 7.40. The van der Waals surface area contributed by atoms with Gasteiger partial charge in [-0.2, -0.15) is 0 Å². The zero-order chi connectivity index (χ0) is 17.2. The monoisotopic (exact) mass is 346 g/mol. The number of rotatable bonds is 0. The summed E-state index contributed by atoms with van der Waals surface area (Å²) in [4.78, 5) is 24.6. The Morgan fingerprint density at radius 2 is 2.08 bits per heavy atom. The molecule has 6 nitrogen and oxygen atoms in total. The van der Waals surface area contributed by atoms with Crippen LogP contribution >= 0.6 is 0 Å². The molecule has 0 aromatic rings. The van der Waals surface area contributed by atoms with E-state index < -0.39 is 11.2 Å². The quantitative estimate of drug-likeness (QED) is 0.666. The molecule has 3 aliphatic carbocycles. The van der Waals surface area contributed by atoms with Crippen LogP contribution in [0.3, 0.4) is 0 Å². The Labute approximate surface area is 145 Å². The molecule has 1 N–H and O–H groups in total. The third-order valence-electron chi connectivity index (χ3n) is 8.42. The number of hydrogen-bond donors (Lipinski definition) is 1. The van der Waals surface area contributed by atoms with Crippen LogP contribution in [0, 0.1) is 28.6 Å². The topological polar surface area (TPSA) is 82.1 Å². The van der Waals surface area contributed by atoms with Crippen LogP contribution in [-0.2, 0) is 23.8 Å². The summed E-state index contributed by atoms with van der Waals surface area (Å²) in [5, 5.41) is 11.0. The Hall–Kier alpha value is -1.40. The Balaban J connectivity index is 1.49. The summed E-state index contributed by atoms with van der Waals surface area (Å²) >= 11 is 0. The van der Waals surface area contributed by atoms with Crippen molar-refractivity contribution in [2.75, 3.05) is 6.61 Å². The van der Waals surface area contributed by atoms with Gasteiger partial charge in [-0.1, -0.05) is 0 Å². The van der Waals surface area contributed by atoms with Gasteiger partial charge in [0.05, 0.1) is 6.61 Å². The number of esters is 2. The van der Waals surface area contributed by atoms with Gasteiger partial charge in [0.2, 0.25) is 0 Å². The van der Waals surface area contributed by atoms with Gasteiger partial charge in [0.15, 0.2) is 5.79 Å². The van der Waals surface area contributed by atoms with Crippen molar-refractivity contribution >= 4 is 11.9 Å². The van der Waals surface area contributed by atoms with Crippen molar-refractivity contribution in [3.63, 3.8) is 0 Å². The zero-order valence-electron chi connectivity index (χ0n) is 14.2. The van der Waals surface area contributed by atoms with E-state index in [4.69, 9.17) is 14.2 Å². The molecule has 0 amide bonds. The molecule has 2 unspecified atom stereocenters. The average Bonchev–Trinajstić information content (AvgIpc) is 3.09. The third kappa shape index (κ3) is 1.41. The van der Waals surface area contributed by atoms with Crippen molar-refractivity contribution in [1.29, 1.82) is 0 Å². The minimum atomic E-state index is -1.41. The van der Waals surface area contributed by atoms with E-state index in [1.807, 2.05) is 6.92 Å². The second kappa shape index (κ2) is 4.12. The van der Waals surface area contributed by atoms with E-state index in [-0.39, 0.29) is 41.4 Å². The molecule has 0 aromatic carbocycles. The first kappa shape index (κ1) is 14.7. The normalized spacial score (nSPS) is 58.0. The van der Waals surface area contributed by atoms with Crippen LogP contribution in [0.25, 0.3) is 0 Å². The highest BCUT2D eigenvalue weighted by molar-refractivity contribution is 5.86. The van der Waals surface area contributed by atoms with Crippen molar-refractivity contribution in [1.82, 2.24) is 0 Å². The Morgan fingerprint density at radius 3 is 2.84 bits per heavy atom. The maximum atomic E-state index is 12.8. The standard InChI is InChI=1S/C19H22O6/c1-17-15-12(24-16(17)21)7-10-11(3-2-9-6-13(20)25-14(9)10)18(15)4-5-19(17,22)23-8-18/h6,10-12,14-15,22H,2-5,7-8H2,1H3/t10-,11-,12-,14+,15+,17+,18?,19?/m1/s1. The van der Waals surface area contributed by atoms with Gasteiger partial charge in [0, 0.05) is 29.7 Å². The molecule has 6 fully saturated rings. The summed E-state index contributed by atoms with van der Waals surface area (Å²) in [7, 11) is 0. The average molecular weight is 346 g/mol. The molecule has 6 heteroatoms. The van der Waals surface area contributed by atoms with Crippen molar-refractivity contribution in [3.05, 3.63) is 11.6 Å². The molecule has 0 radical (unpaired) electrons. The first-order chi connectivity index (χ1) is 11.9. The molecule has 134 valence electrons. The van der Waals surface area contributed by atoms with E-state index in [0.29, 0.717) is 25.4 Å². The molecule has 25 heavy (non-hydrogen) atoms. The van der Waals surface area contributed by atoms with Gasteiger partial charge in [0.25, 0.3) is 0 Å². The molecule has 3 saturated carbocycles.